The SMILES string of the molecule is CCCOCCN(CCN)CCN. The van der Waals surface area contributed by atoms with Crippen LogP contribution < -0.4 is 11.5 Å². The van der Waals surface area contributed by atoms with E-state index in [9.17, 15) is 0 Å². The Bertz CT molecular complexity index is 94.9. The van der Waals surface area contributed by atoms with E-state index in [1.54, 1.807) is 0 Å². The van der Waals surface area contributed by atoms with Crippen molar-refractivity contribution in [2.75, 3.05) is 45.9 Å². The molecule has 0 saturated heterocycles. The molecule has 0 aliphatic carbocycles. The number of rotatable bonds is 9. The van der Waals surface area contributed by atoms with Crippen molar-refractivity contribution in [3.8, 4) is 0 Å². The summed E-state index contributed by atoms with van der Waals surface area (Å²) >= 11 is 0. The predicted octanol–water partition coefficient (Wildman–Crippen LogP) is -0.368. The summed E-state index contributed by atoms with van der Waals surface area (Å²) in [5.74, 6) is 0. The summed E-state index contributed by atoms with van der Waals surface area (Å²) in [5.41, 5.74) is 10.9. The molecule has 0 aromatic rings. The first-order chi connectivity index (χ1) is 6.35. The topological polar surface area (TPSA) is 64.5 Å². The van der Waals surface area contributed by atoms with E-state index in [-0.39, 0.29) is 0 Å². The van der Waals surface area contributed by atoms with Gasteiger partial charge in [-0.05, 0) is 6.42 Å². The van der Waals surface area contributed by atoms with Gasteiger partial charge in [-0.2, -0.15) is 0 Å². The molecule has 4 nitrogen and oxygen atoms in total. The molecular weight excluding hydrogens is 166 g/mol. The zero-order valence-electron chi connectivity index (χ0n) is 8.67. The lowest BCUT2D eigenvalue weighted by atomic mass is 10.4. The van der Waals surface area contributed by atoms with E-state index in [0.717, 1.165) is 39.3 Å². The molecule has 0 aliphatic heterocycles. The van der Waals surface area contributed by atoms with Crippen LogP contribution in [0.4, 0.5) is 0 Å². The zero-order chi connectivity index (χ0) is 9.94. The van der Waals surface area contributed by atoms with Crippen molar-refractivity contribution in [3.63, 3.8) is 0 Å². The molecule has 0 radical (unpaired) electrons. The van der Waals surface area contributed by atoms with Gasteiger partial charge in [-0.15, -0.1) is 0 Å². The van der Waals surface area contributed by atoms with E-state index < -0.39 is 0 Å². The lowest BCUT2D eigenvalue weighted by Crippen LogP contribution is -2.36. The molecule has 4 heteroatoms. The molecule has 13 heavy (non-hydrogen) atoms. The van der Waals surface area contributed by atoms with E-state index in [0.29, 0.717) is 13.1 Å². The lowest BCUT2D eigenvalue weighted by Gasteiger charge is -2.20. The smallest absolute Gasteiger partial charge is 0.0593 e. The van der Waals surface area contributed by atoms with Crippen molar-refractivity contribution < 1.29 is 4.74 Å². The van der Waals surface area contributed by atoms with Gasteiger partial charge in [0.05, 0.1) is 6.61 Å². The molecular formula is C9H23N3O. The summed E-state index contributed by atoms with van der Waals surface area (Å²) in [7, 11) is 0. The monoisotopic (exact) mass is 189 g/mol. The van der Waals surface area contributed by atoms with Crippen molar-refractivity contribution in [3.05, 3.63) is 0 Å². The van der Waals surface area contributed by atoms with Gasteiger partial charge in [0.2, 0.25) is 0 Å². The highest BCUT2D eigenvalue weighted by Gasteiger charge is 2.01. The third kappa shape index (κ3) is 8.18. The highest BCUT2D eigenvalue weighted by molar-refractivity contribution is 4.57. The van der Waals surface area contributed by atoms with E-state index in [1.807, 2.05) is 0 Å². The molecule has 0 saturated carbocycles. The van der Waals surface area contributed by atoms with Gasteiger partial charge in [0.1, 0.15) is 0 Å². The molecule has 0 heterocycles. The van der Waals surface area contributed by atoms with E-state index in [2.05, 4.69) is 11.8 Å². The van der Waals surface area contributed by atoms with Gasteiger partial charge in [0.25, 0.3) is 0 Å². The molecule has 0 spiro atoms. The molecule has 4 N–H and O–H groups in total. The van der Waals surface area contributed by atoms with Gasteiger partial charge in [-0.3, -0.25) is 4.90 Å². The number of hydrogen-bond acceptors (Lipinski definition) is 4. The van der Waals surface area contributed by atoms with Crippen LogP contribution in [0.1, 0.15) is 13.3 Å². The Kier molecular flexibility index (Phi) is 9.80. The summed E-state index contributed by atoms with van der Waals surface area (Å²) in [6, 6.07) is 0. The van der Waals surface area contributed by atoms with Crippen molar-refractivity contribution in [2.24, 2.45) is 11.5 Å². The Hall–Kier alpha value is -0.160. The summed E-state index contributed by atoms with van der Waals surface area (Å²) in [5, 5.41) is 0. The van der Waals surface area contributed by atoms with Gasteiger partial charge in [0.15, 0.2) is 0 Å². The summed E-state index contributed by atoms with van der Waals surface area (Å²) in [6.07, 6.45) is 1.08. The van der Waals surface area contributed by atoms with E-state index >= 15 is 0 Å². The highest BCUT2D eigenvalue weighted by atomic mass is 16.5. The molecule has 0 amide bonds. The average Bonchev–Trinajstić information content (AvgIpc) is 2.13. The Labute approximate surface area is 81.2 Å². The lowest BCUT2D eigenvalue weighted by molar-refractivity contribution is 0.106. The fourth-order valence-electron chi connectivity index (χ4n) is 1.14. The quantitative estimate of drug-likeness (QED) is 0.486. The van der Waals surface area contributed by atoms with Crippen LogP contribution in [0.3, 0.4) is 0 Å². The molecule has 0 unspecified atom stereocenters. The van der Waals surface area contributed by atoms with Crippen molar-refractivity contribution in [2.45, 2.75) is 13.3 Å². The normalized spacial score (nSPS) is 11.1. The number of nitrogens with two attached hydrogens (primary N) is 2. The number of ether oxygens (including phenoxy) is 1. The van der Waals surface area contributed by atoms with E-state index in [1.165, 1.54) is 0 Å². The molecule has 0 aromatic heterocycles. The fourth-order valence-corrected chi connectivity index (χ4v) is 1.14. The van der Waals surface area contributed by atoms with Crippen LogP contribution in [0.15, 0.2) is 0 Å². The van der Waals surface area contributed by atoms with Crippen molar-refractivity contribution in [1.29, 1.82) is 0 Å². The Morgan fingerprint density at radius 3 is 2.08 bits per heavy atom. The largest absolute Gasteiger partial charge is 0.380 e. The highest BCUT2D eigenvalue weighted by Crippen LogP contribution is 1.87. The minimum absolute atomic E-state index is 0.688. The molecule has 0 atom stereocenters. The zero-order valence-corrected chi connectivity index (χ0v) is 8.67. The van der Waals surface area contributed by atoms with Crippen LogP contribution in [0.25, 0.3) is 0 Å². The van der Waals surface area contributed by atoms with Crippen molar-refractivity contribution >= 4 is 0 Å². The first-order valence-corrected chi connectivity index (χ1v) is 5.05. The molecule has 0 bridgehead atoms. The average molecular weight is 189 g/mol. The predicted molar refractivity (Wildman–Crippen MR) is 55.7 cm³/mol. The Morgan fingerprint density at radius 2 is 1.62 bits per heavy atom. The van der Waals surface area contributed by atoms with Crippen LogP contribution in [0.2, 0.25) is 0 Å². The molecule has 80 valence electrons. The Morgan fingerprint density at radius 1 is 1.00 bits per heavy atom. The first kappa shape index (κ1) is 12.8. The van der Waals surface area contributed by atoms with Crippen LogP contribution in [0.5, 0.6) is 0 Å². The second kappa shape index (κ2) is 9.92. The standard InChI is InChI=1S/C9H23N3O/c1-2-8-13-9-7-12(5-3-10)6-4-11/h2-11H2,1H3. The minimum Gasteiger partial charge on any atom is -0.380 e. The second-order valence-corrected chi connectivity index (χ2v) is 3.03. The van der Waals surface area contributed by atoms with Crippen LogP contribution in [-0.2, 0) is 4.74 Å². The van der Waals surface area contributed by atoms with Crippen LogP contribution in [-0.4, -0.2) is 50.8 Å². The second-order valence-electron chi connectivity index (χ2n) is 3.03. The number of nitrogens with zero attached hydrogens (tertiary/aromatic N) is 1. The van der Waals surface area contributed by atoms with Crippen LogP contribution in [0, 0.1) is 0 Å². The molecule has 0 rings (SSSR count). The molecule has 0 aromatic carbocycles. The summed E-state index contributed by atoms with van der Waals surface area (Å²) in [4.78, 5) is 2.23. The molecule has 0 fully saturated rings. The summed E-state index contributed by atoms with van der Waals surface area (Å²) in [6.45, 7) is 7.87. The van der Waals surface area contributed by atoms with Gasteiger partial charge in [-0.1, -0.05) is 6.92 Å². The number of hydrogen-bond donors (Lipinski definition) is 2. The maximum absolute atomic E-state index is 5.47. The molecule has 0 aliphatic rings. The van der Waals surface area contributed by atoms with Gasteiger partial charge in [-0.25, -0.2) is 0 Å². The van der Waals surface area contributed by atoms with Crippen LogP contribution >= 0.6 is 0 Å². The van der Waals surface area contributed by atoms with Gasteiger partial charge < -0.3 is 16.2 Å². The first-order valence-electron chi connectivity index (χ1n) is 5.05. The van der Waals surface area contributed by atoms with Gasteiger partial charge >= 0.3 is 0 Å². The summed E-state index contributed by atoms with van der Waals surface area (Å²) < 4.78 is 5.38. The maximum Gasteiger partial charge on any atom is 0.0593 e. The van der Waals surface area contributed by atoms with Crippen molar-refractivity contribution in [1.82, 2.24) is 4.90 Å². The van der Waals surface area contributed by atoms with E-state index in [4.69, 9.17) is 16.2 Å². The Balaban J connectivity index is 3.33. The minimum atomic E-state index is 0.688. The third-order valence-corrected chi connectivity index (χ3v) is 1.79. The van der Waals surface area contributed by atoms with Gasteiger partial charge in [0, 0.05) is 39.3 Å². The third-order valence-electron chi connectivity index (χ3n) is 1.79. The fraction of sp³-hybridized carbons (Fsp3) is 1.00. The maximum atomic E-state index is 5.47.